The number of aromatic amines is 1. The minimum Gasteiger partial charge on any atom is -0.497 e. The Morgan fingerprint density at radius 2 is 1.85 bits per heavy atom. The van der Waals surface area contributed by atoms with E-state index in [0.717, 1.165) is 44.8 Å². The first kappa shape index (κ1) is 21.4. The molecule has 0 bridgehead atoms. The highest BCUT2D eigenvalue weighted by molar-refractivity contribution is 7.98. The number of ether oxygens (including phenoxy) is 1. The van der Waals surface area contributed by atoms with Gasteiger partial charge in [0.1, 0.15) is 16.4 Å². The van der Waals surface area contributed by atoms with Crippen molar-refractivity contribution in [3.8, 4) is 28.3 Å². The van der Waals surface area contributed by atoms with E-state index in [1.165, 1.54) is 23.1 Å². The second kappa shape index (κ2) is 9.21. The van der Waals surface area contributed by atoms with Gasteiger partial charge >= 0.3 is 0 Å². The van der Waals surface area contributed by atoms with E-state index >= 15 is 0 Å². The molecular formula is C24H21N5O2S2. The molecule has 33 heavy (non-hydrogen) atoms. The van der Waals surface area contributed by atoms with Crippen LogP contribution in [0.2, 0.25) is 0 Å². The summed E-state index contributed by atoms with van der Waals surface area (Å²) in [5.74, 6) is 2.70. The van der Waals surface area contributed by atoms with Crippen LogP contribution in [0.4, 0.5) is 0 Å². The molecule has 0 spiro atoms. The van der Waals surface area contributed by atoms with Crippen molar-refractivity contribution in [2.75, 3.05) is 7.11 Å². The number of methoxy groups -OCH3 is 1. The summed E-state index contributed by atoms with van der Waals surface area (Å²) in [7, 11) is 1.65. The fraction of sp³-hybridized carbons (Fsp3) is 0.167. The highest BCUT2D eigenvalue weighted by Gasteiger charge is 2.16. The third kappa shape index (κ3) is 4.17. The van der Waals surface area contributed by atoms with Crippen LogP contribution in [0.15, 0.2) is 69.9 Å². The molecule has 0 radical (unpaired) electrons. The molecule has 0 aliphatic carbocycles. The normalized spacial score (nSPS) is 11.2. The maximum Gasteiger partial charge on any atom is 0.260 e. The number of hydrogen-bond acceptors (Lipinski definition) is 7. The third-order valence-electron chi connectivity index (χ3n) is 5.30. The molecule has 166 valence electrons. The molecule has 1 N–H and O–H groups in total. The SMILES string of the molecule is CCn1c(SCc2nc3scc(-c4ccccc4)c3c(=O)[nH]2)nnc1-c1ccc(OC)cc1. The highest BCUT2D eigenvalue weighted by atomic mass is 32.2. The van der Waals surface area contributed by atoms with E-state index in [1.807, 2.05) is 60.0 Å². The molecule has 0 unspecified atom stereocenters. The van der Waals surface area contributed by atoms with Crippen LogP contribution in [-0.4, -0.2) is 31.8 Å². The van der Waals surface area contributed by atoms with Crippen molar-refractivity contribution < 1.29 is 4.74 Å². The van der Waals surface area contributed by atoms with Gasteiger partial charge in [0.15, 0.2) is 11.0 Å². The summed E-state index contributed by atoms with van der Waals surface area (Å²) in [5, 5.41) is 12.2. The number of nitrogens with one attached hydrogen (secondary N) is 1. The Kier molecular flexibility index (Phi) is 5.97. The van der Waals surface area contributed by atoms with E-state index in [2.05, 4.69) is 26.7 Å². The Morgan fingerprint density at radius 3 is 2.58 bits per heavy atom. The lowest BCUT2D eigenvalue weighted by Gasteiger charge is -2.08. The third-order valence-corrected chi connectivity index (χ3v) is 7.15. The van der Waals surface area contributed by atoms with E-state index in [4.69, 9.17) is 9.72 Å². The molecule has 3 heterocycles. The molecular weight excluding hydrogens is 454 g/mol. The van der Waals surface area contributed by atoms with Gasteiger partial charge in [-0.3, -0.25) is 4.79 Å². The molecule has 0 saturated heterocycles. The average Bonchev–Trinajstić information content (AvgIpc) is 3.47. The Hall–Kier alpha value is -3.43. The summed E-state index contributed by atoms with van der Waals surface area (Å²) in [6.45, 7) is 2.79. The first-order valence-electron chi connectivity index (χ1n) is 10.4. The fourth-order valence-electron chi connectivity index (χ4n) is 3.66. The maximum atomic E-state index is 12.9. The molecule has 5 aromatic rings. The number of nitrogens with zero attached hydrogens (tertiary/aromatic N) is 4. The number of fused-ring (bicyclic) bond motifs is 1. The van der Waals surface area contributed by atoms with Crippen molar-refractivity contribution in [2.45, 2.75) is 24.4 Å². The number of thioether (sulfide) groups is 1. The van der Waals surface area contributed by atoms with Crippen molar-refractivity contribution in [3.63, 3.8) is 0 Å². The second-order valence-electron chi connectivity index (χ2n) is 7.28. The second-order valence-corrected chi connectivity index (χ2v) is 9.08. The number of benzene rings is 2. The van der Waals surface area contributed by atoms with E-state index in [9.17, 15) is 4.79 Å². The van der Waals surface area contributed by atoms with Gasteiger partial charge in [-0.2, -0.15) is 0 Å². The van der Waals surface area contributed by atoms with E-state index < -0.39 is 0 Å². The lowest BCUT2D eigenvalue weighted by Crippen LogP contribution is -2.11. The zero-order valence-electron chi connectivity index (χ0n) is 18.1. The number of thiophene rings is 1. The number of hydrogen-bond donors (Lipinski definition) is 1. The molecule has 0 amide bonds. The molecule has 2 aromatic carbocycles. The quantitative estimate of drug-likeness (QED) is 0.324. The molecule has 0 aliphatic rings. The van der Waals surface area contributed by atoms with Crippen LogP contribution in [0.1, 0.15) is 12.7 Å². The Labute approximate surface area is 198 Å². The zero-order chi connectivity index (χ0) is 22.8. The Balaban J connectivity index is 1.40. The van der Waals surface area contributed by atoms with Crippen molar-refractivity contribution >= 4 is 33.3 Å². The lowest BCUT2D eigenvalue weighted by atomic mass is 10.1. The molecule has 0 atom stereocenters. The minimum absolute atomic E-state index is 0.119. The van der Waals surface area contributed by atoms with Crippen LogP contribution in [-0.2, 0) is 12.3 Å². The van der Waals surface area contributed by atoms with E-state index in [0.29, 0.717) is 17.0 Å². The predicted molar refractivity (Wildman–Crippen MR) is 133 cm³/mol. The van der Waals surface area contributed by atoms with Crippen LogP contribution >= 0.6 is 23.1 Å². The van der Waals surface area contributed by atoms with Gasteiger partial charge in [0, 0.05) is 23.1 Å². The Morgan fingerprint density at radius 1 is 1.06 bits per heavy atom. The van der Waals surface area contributed by atoms with Gasteiger partial charge in [0.05, 0.1) is 18.2 Å². The predicted octanol–water partition coefficient (Wildman–Crippen LogP) is 5.23. The standard InChI is InChI=1S/C24H21N5O2S2/c1-3-29-21(16-9-11-17(31-2)12-10-16)27-28-24(29)33-14-19-25-22(30)20-18(13-32-23(20)26-19)15-7-5-4-6-8-15/h4-13H,3,14H2,1-2H3,(H,25,26,30). The van der Waals surface area contributed by atoms with Gasteiger partial charge in [0.2, 0.25) is 0 Å². The van der Waals surface area contributed by atoms with Gasteiger partial charge in [0.25, 0.3) is 5.56 Å². The highest BCUT2D eigenvalue weighted by Crippen LogP contribution is 2.31. The molecule has 0 fully saturated rings. The monoisotopic (exact) mass is 475 g/mol. The van der Waals surface area contributed by atoms with Crippen molar-refractivity contribution in [2.24, 2.45) is 0 Å². The first-order chi connectivity index (χ1) is 16.2. The largest absolute Gasteiger partial charge is 0.497 e. The minimum atomic E-state index is -0.119. The topological polar surface area (TPSA) is 85.7 Å². The van der Waals surface area contributed by atoms with E-state index in [-0.39, 0.29) is 5.56 Å². The summed E-state index contributed by atoms with van der Waals surface area (Å²) in [5.41, 5.74) is 2.78. The van der Waals surface area contributed by atoms with Crippen molar-refractivity contribution in [3.05, 3.63) is 76.2 Å². The maximum absolute atomic E-state index is 12.9. The van der Waals surface area contributed by atoms with Crippen LogP contribution in [0.5, 0.6) is 5.75 Å². The van der Waals surface area contributed by atoms with Crippen LogP contribution < -0.4 is 10.3 Å². The van der Waals surface area contributed by atoms with Crippen molar-refractivity contribution in [1.29, 1.82) is 0 Å². The van der Waals surface area contributed by atoms with Gasteiger partial charge in [-0.1, -0.05) is 42.1 Å². The Bertz CT molecular complexity index is 1460. The summed E-state index contributed by atoms with van der Waals surface area (Å²) >= 11 is 2.99. The van der Waals surface area contributed by atoms with Gasteiger partial charge in [-0.25, -0.2) is 4.98 Å². The first-order valence-corrected chi connectivity index (χ1v) is 12.3. The molecule has 9 heteroatoms. The summed E-state index contributed by atoms with van der Waals surface area (Å²) in [6, 6.07) is 17.7. The van der Waals surface area contributed by atoms with Crippen LogP contribution in [0.3, 0.4) is 0 Å². The summed E-state index contributed by atoms with van der Waals surface area (Å²) in [6.07, 6.45) is 0. The van der Waals surface area contributed by atoms with Crippen LogP contribution in [0, 0.1) is 0 Å². The van der Waals surface area contributed by atoms with Gasteiger partial charge in [-0.05, 0) is 36.8 Å². The smallest absolute Gasteiger partial charge is 0.260 e. The van der Waals surface area contributed by atoms with Crippen molar-refractivity contribution in [1.82, 2.24) is 24.7 Å². The average molecular weight is 476 g/mol. The zero-order valence-corrected chi connectivity index (χ0v) is 19.7. The van der Waals surface area contributed by atoms with Crippen LogP contribution in [0.25, 0.3) is 32.7 Å². The number of H-pyrrole nitrogens is 1. The molecule has 0 saturated carbocycles. The lowest BCUT2D eigenvalue weighted by molar-refractivity contribution is 0.415. The summed E-state index contributed by atoms with van der Waals surface area (Å²) in [4.78, 5) is 21.3. The molecule has 3 aromatic heterocycles. The summed E-state index contributed by atoms with van der Waals surface area (Å²) < 4.78 is 7.30. The van der Waals surface area contributed by atoms with Gasteiger partial charge in [-0.15, -0.1) is 21.5 Å². The fourth-order valence-corrected chi connectivity index (χ4v) is 5.50. The molecule has 0 aliphatic heterocycles. The number of aromatic nitrogens is 5. The molecule has 5 rings (SSSR count). The van der Waals surface area contributed by atoms with E-state index in [1.54, 1.807) is 7.11 Å². The van der Waals surface area contributed by atoms with Gasteiger partial charge < -0.3 is 14.3 Å². The number of rotatable bonds is 7. The molecule has 7 nitrogen and oxygen atoms in total.